The van der Waals surface area contributed by atoms with Crippen LogP contribution in [0.2, 0.25) is 0 Å². The zero-order valence-corrected chi connectivity index (χ0v) is 14.7. The van der Waals surface area contributed by atoms with Crippen molar-refractivity contribution in [1.29, 1.82) is 0 Å². The Morgan fingerprint density at radius 2 is 1.83 bits per heavy atom. The Kier molecular flexibility index (Phi) is 5.66. The maximum atomic E-state index is 12.7. The summed E-state index contributed by atoms with van der Waals surface area (Å²) >= 11 is 0. The first-order valence-corrected chi connectivity index (χ1v) is 7.97. The Labute approximate surface area is 142 Å². The van der Waals surface area contributed by atoms with Crippen molar-refractivity contribution in [3.8, 4) is 0 Å². The van der Waals surface area contributed by atoms with Crippen molar-refractivity contribution in [2.45, 2.75) is 26.4 Å². The number of anilines is 1. The topological polar surface area (TPSA) is 71.1 Å². The van der Waals surface area contributed by atoms with Crippen molar-refractivity contribution >= 4 is 17.7 Å². The van der Waals surface area contributed by atoms with Crippen LogP contribution in [0.15, 0.2) is 24.3 Å². The minimum absolute atomic E-state index is 0.303. The first-order valence-electron chi connectivity index (χ1n) is 7.97. The average Bonchev–Trinajstić information content (AvgIpc) is 2.53. The maximum absolute atomic E-state index is 12.7. The van der Waals surface area contributed by atoms with E-state index in [2.05, 4.69) is 10.3 Å². The highest BCUT2D eigenvalue weighted by Gasteiger charge is 2.23. The molecule has 0 spiro atoms. The molecule has 0 saturated carbocycles. The lowest BCUT2D eigenvalue weighted by Crippen LogP contribution is -2.46. The lowest BCUT2D eigenvalue weighted by atomic mass is 10.1. The monoisotopic (exact) mass is 335 g/mol. The molecule has 1 heterocycles. The molecular formula is C17H25N3O4. The first-order chi connectivity index (χ1) is 11.3. The molecule has 0 atom stereocenters. The molecule has 2 rings (SSSR count). The van der Waals surface area contributed by atoms with Crippen molar-refractivity contribution in [3.05, 3.63) is 29.8 Å². The summed E-state index contributed by atoms with van der Waals surface area (Å²) in [6.07, 6.45) is -0.665. The fourth-order valence-corrected chi connectivity index (χ4v) is 2.40. The molecule has 1 saturated heterocycles. The molecule has 1 aliphatic heterocycles. The Hall–Kier alpha value is -2.28. The number of nitrogens with zero attached hydrogens (tertiary/aromatic N) is 2. The van der Waals surface area contributed by atoms with Crippen LogP contribution in [0.25, 0.3) is 0 Å². The van der Waals surface area contributed by atoms with Crippen LogP contribution < -0.4 is 10.3 Å². The van der Waals surface area contributed by atoms with Gasteiger partial charge in [-0.2, -0.15) is 0 Å². The van der Waals surface area contributed by atoms with Gasteiger partial charge in [0, 0.05) is 25.8 Å². The smallest absolute Gasteiger partial charge is 0.426 e. The fourth-order valence-electron chi connectivity index (χ4n) is 2.40. The maximum Gasteiger partial charge on any atom is 0.426 e. The second kappa shape index (κ2) is 7.53. The van der Waals surface area contributed by atoms with Crippen LogP contribution in [-0.2, 0) is 9.47 Å². The molecule has 1 fully saturated rings. The van der Waals surface area contributed by atoms with E-state index in [1.807, 2.05) is 12.1 Å². The van der Waals surface area contributed by atoms with E-state index in [4.69, 9.17) is 9.47 Å². The molecule has 0 radical (unpaired) electrons. The molecule has 1 aromatic rings. The van der Waals surface area contributed by atoms with Gasteiger partial charge in [-0.15, -0.1) is 0 Å². The number of morpholine rings is 1. The van der Waals surface area contributed by atoms with Crippen molar-refractivity contribution in [1.82, 2.24) is 10.4 Å². The number of ether oxygens (including phenoxy) is 2. The molecule has 0 unspecified atom stereocenters. The van der Waals surface area contributed by atoms with Crippen LogP contribution in [0.4, 0.5) is 10.5 Å². The number of rotatable bonds is 2. The van der Waals surface area contributed by atoms with E-state index in [0.717, 1.165) is 23.8 Å². The number of benzene rings is 1. The zero-order chi connectivity index (χ0) is 17.7. The first kappa shape index (κ1) is 18.1. The average molecular weight is 335 g/mol. The van der Waals surface area contributed by atoms with Crippen LogP contribution >= 0.6 is 0 Å². The Bertz CT molecular complexity index is 592. The van der Waals surface area contributed by atoms with Gasteiger partial charge >= 0.3 is 6.09 Å². The molecule has 1 N–H and O–H groups in total. The third kappa shape index (κ3) is 4.86. The number of carbonyl (C=O) groups is 2. The van der Waals surface area contributed by atoms with Gasteiger partial charge in [0.25, 0.3) is 5.91 Å². The Morgan fingerprint density at radius 3 is 2.46 bits per heavy atom. The number of hydrogen-bond acceptors (Lipinski definition) is 5. The number of carbonyl (C=O) groups excluding carboxylic acids is 2. The van der Waals surface area contributed by atoms with E-state index < -0.39 is 11.7 Å². The molecule has 1 aromatic carbocycles. The number of nitrogens with one attached hydrogen (secondary N) is 1. The third-order valence-electron chi connectivity index (χ3n) is 3.45. The molecule has 24 heavy (non-hydrogen) atoms. The standard InChI is InChI=1S/C17H25N3O4/c1-17(2,3)24-16(22)18-19(4)15(21)13-7-5-6-8-14(13)20-9-11-23-12-10-20/h5-8H,9-12H2,1-4H3,(H,18,22). The van der Waals surface area contributed by atoms with E-state index in [-0.39, 0.29) is 5.91 Å². The lowest BCUT2D eigenvalue weighted by molar-refractivity contribution is 0.0334. The van der Waals surface area contributed by atoms with Gasteiger partial charge in [-0.05, 0) is 32.9 Å². The van der Waals surface area contributed by atoms with Crippen molar-refractivity contribution in [3.63, 3.8) is 0 Å². The molecule has 7 heteroatoms. The van der Waals surface area contributed by atoms with Crippen LogP contribution in [-0.4, -0.2) is 56.0 Å². The fraction of sp³-hybridized carbons (Fsp3) is 0.529. The highest BCUT2D eigenvalue weighted by molar-refractivity contribution is 6.00. The van der Waals surface area contributed by atoms with Crippen LogP contribution in [0.1, 0.15) is 31.1 Å². The van der Waals surface area contributed by atoms with Crippen LogP contribution in [0, 0.1) is 0 Å². The summed E-state index contributed by atoms with van der Waals surface area (Å²) in [6.45, 7) is 8.02. The summed E-state index contributed by atoms with van der Waals surface area (Å²) in [5.74, 6) is -0.303. The van der Waals surface area contributed by atoms with Crippen molar-refractivity contribution in [2.75, 3.05) is 38.3 Å². The molecule has 2 amide bonds. The van der Waals surface area contributed by atoms with Crippen molar-refractivity contribution < 1.29 is 19.1 Å². The van der Waals surface area contributed by atoms with Gasteiger partial charge in [0.1, 0.15) is 5.60 Å². The van der Waals surface area contributed by atoms with E-state index in [1.165, 1.54) is 7.05 Å². The van der Waals surface area contributed by atoms with E-state index in [1.54, 1.807) is 32.9 Å². The minimum atomic E-state index is -0.665. The minimum Gasteiger partial charge on any atom is -0.443 e. The number of hydrogen-bond donors (Lipinski definition) is 1. The van der Waals surface area contributed by atoms with E-state index in [0.29, 0.717) is 18.8 Å². The van der Waals surface area contributed by atoms with Crippen molar-refractivity contribution in [2.24, 2.45) is 0 Å². The second-order valence-corrected chi connectivity index (χ2v) is 6.59. The van der Waals surface area contributed by atoms with E-state index >= 15 is 0 Å². The Morgan fingerprint density at radius 1 is 1.21 bits per heavy atom. The molecule has 132 valence electrons. The van der Waals surface area contributed by atoms with Gasteiger partial charge in [-0.1, -0.05) is 12.1 Å². The summed E-state index contributed by atoms with van der Waals surface area (Å²) in [5, 5.41) is 1.15. The van der Waals surface area contributed by atoms with Gasteiger partial charge in [0.15, 0.2) is 0 Å². The zero-order valence-electron chi connectivity index (χ0n) is 14.7. The summed E-state index contributed by atoms with van der Waals surface area (Å²) in [6, 6.07) is 7.35. The Balaban J connectivity index is 2.10. The number of amides is 2. The summed E-state index contributed by atoms with van der Waals surface area (Å²) in [7, 11) is 1.50. The molecular weight excluding hydrogens is 310 g/mol. The summed E-state index contributed by atoms with van der Waals surface area (Å²) in [5.41, 5.74) is 3.18. The molecule has 7 nitrogen and oxygen atoms in total. The normalized spacial score (nSPS) is 14.9. The van der Waals surface area contributed by atoms with Gasteiger partial charge in [0.05, 0.1) is 18.8 Å². The highest BCUT2D eigenvalue weighted by Crippen LogP contribution is 2.22. The van der Waals surface area contributed by atoms with Crippen LogP contribution in [0.5, 0.6) is 0 Å². The predicted octanol–water partition coefficient (Wildman–Crippen LogP) is 2.03. The predicted molar refractivity (Wildman–Crippen MR) is 90.9 cm³/mol. The molecule has 0 bridgehead atoms. The number of para-hydroxylation sites is 1. The largest absolute Gasteiger partial charge is 0.443 e. The van der Waals surface area contributed by atoms with Gasteiger partial charge in [-0.25, -0.2) is 10.2 Å². The van der Waals surface area contributed by atoms with Gasteiger partial charge < -0.3 is 14.4 Å². The van der Waals surface area contributed by atoms with E-state index in [9.17, 15) is 9.59 Å². The number of hydrazine groups is 1. The summed E-state index contributed by atoms with van der Waals surface area (Å²) < 4.78 is 10.5. The summed E-state index contributed by atoms with van der Waals surface area (Å²) in [4.78, 5) is 26.7. The quantitative estimate of drug-likeness (QED) is 0.838. The van der Waals surface area contributed by atoms with Gasteiger partial charge in [-0.3, -0.25) is 9.80 Å². The van der Waals surface area contributed by atoms with Crippen LogP contribution in [0.3, 0.4) is 0 Å². The second-order valence-electron chi connectivity index (χ2n) is 6.59. The highest BCUT2D eigenvalue weighted by atomic mass is 16.6. The molecule has 1 aliphatic rings. The third-order valence-corrected chi connectivity index (χ3v) is 3.45. The molecule has 0 aliphatic carbocycles. The van der Waals surface area contributed by atoms with Gasteiger partial charge in [0.2, 0.25) is 0 Å². The SMILES string of the molecule is CN(NC(=O)OC(C)(C)C)C(=O)c1ccccc1N1CCOCC1. The lowest BCUT2D eigenvalue weighted by Gasteiger charge is -2.31. The molecule has 0 aromatic heterocycles.